The molecule has 1 aliphatic heterocycles. The number of carbonyl (C=O) groups is 1. The average molecular weight is 236 g/mol. The Bertz CT molecular complexity index is 416. The molecule has 1 aliphatic rings. The van der Waals surface area contributed by atoms with Gasteiger partial charge in [0.05, 0.1) is 0 Å². The third kappa shape index (κ3) is 3.05. The van der Waals surface area contributed by atoms with Crippen LogP contribution in [-0.4, -0.2) is 35.6 Å². The monoisotopic (exact) mass is 236 g/mol. The van der Waals surface area contributed by atoms with E-state index in [9.17, 15) is 4.79 Å². The van der Waals surface area contributed by atoms with Gasteiger partial charge in [0.1, 0.15) is 0 Å². The standard InChI is InChI=1S/C11H16N4O2/c1-8-6-10(17-7-9(12)16)14-11(13-8)15-4-2-3-5-15/h6H,2-5,7H2,1H3,(H2,12,16). The number of hydrogen-bond acceptors (Lipinski definition) is 5. The second-order valence-electron chi connectivity index (χ2n) is 4.10. The van der Waals surface area contributed by atoms with Gasteiger partial charge in [0.15, 0.2) is 6.61 Å². The first-order valence-electron chi connectivity index (χ1n) is 5.67. The number of primary amides is 1. The minimum absolute atomic E-state index is 0.157. The zero-order chi connectivity index (χ0) is 12.3. The number of anilines is 1. The second-order valence-corrected chi connectivity index (χ2v) is 4.10. The molecule has 17 heavy (non-hydrogen) atoms. The van der Waals surface area contributed by atoms with Gasteiger partial charge in [0.2, 0.25) is 11.8 Å². The van der Waals surface area contributed by atoms with E-state index in [1.54, 1.807) is 6.07 Å². The molecule has 1 aromatic rings. The Morgan fingerprint density at radius 3 is 2.82 bits per heavy atom. The van der Waals surface area contributed by atoms with Crippen LogP contribution in [-0.2, 0) is 4.79 Å². The highest BCUT2D eigenvalue weighted by Crippen LogP contribution is 2.19. The molecule has 1 saturated heterocycles. The molecule has 2 rings (SSSR count). The predicted molar refractivity (Wildman–Crippen MR) is 62.9 cm³/mol. The van der Waals surface area contributed by atoms with Crippen LogP contribution in [0.5, 0.6) is 5.88 Å². The first-order chi connectivity index (χ1) is 8.15. The number of hydrogen-bond donors (Lipinski definition) is 1. The van der Waals surface area contributed by atoms with Crippen LogP contribution in [0, 0.1) is 6.92 Å². The largest absolute Gasteiger partial charge is 0.467 e. The van der Waals surface area contributed by atoms with E-state index >= 15 is 0 Å². The Morgan fingerprint density at radius 2 is 2.18 bits per heavy atom. The average Bonchev–Trinajstić information content (AvgIpc) is 2.79. The minimum Gasteiger partial charge on any atom is -0.467 e. The van der Waals surface area contributed by atoms with Crippen LogP contribution in [0.25, 0.3) is 0 Å². The van der Waals surface area contributed by atoms with E-state index in [0.29, 0.717) is 11.8 Å². The van der Waals surface area contributed by atoms with Crippen LogP contribution in [0.4, 0.5) is 5.95 Å². The fourth-order valence-corrected chi connectivity index (χ4v) is 1.80. The summed E-state index contributed by atoms with van der Waals surface area (Å²) in [4.78, 5) is 21.4. The van der Waals surface area contributed by atoms with Gasteiger partial charge in [-0.05, 0) is 19.8 Å². The minimum atomic E-state index is -0.510. The molecule has 0 bridgehead atoms. The zero-order valence-electron chi connectivity index (χ0n) is 9.85. The first-order valence-corrected chi connectivity index (χ1v) is 5.67. The van der Waals surface area contributed by atoms with Crippen LogP contribution in [0.1, 0.15) is 18.5 Å². The topological polar surface area (TPSA) is 81.3 Å². The fourth-order valence-electron chi connectivity index (χ4n) is 1.80. The smallest absolute Gasteiger partial charge is 0.255 e. The summed E-state index contributed by atoms with van der Waals surface area (Å²) in [5, 5.41) is 0. The highest BCUT2D eigenvalue weighted by atomic mass is 16.5. The van der Waals surface area contributed by atoms with Crippen molar-refractivity contribution in [3.05, 3.63) is 11.8 Å². The molecule has 6 nitrogen and oxygen atoms in total. The van der Waals surface area contributed by atoms with Crippen molar-refractivity contribution in [2.45, 2.75) is 19.8 Å². The maximum absolute atomic E-state index is 10.6. The van der Waals surface area contributed by atoms with Gasteiger partial charge in [-0.1, -0.05) is 0 Å². The van der Waals surface area contributed by atoms with Gasteiger partial charge >= 0.3 is 0 Å². The molecule has 0 radical (unpaired) electrons. The molecule has 0 unspecified atom stereocenters. The molecule has 0 aliphatic carbocycles. The molecule has 0 aromatic carbocycles. The molecule has 1 amide bonds. The van der Waals surface area contributed by atoms with Crippen molar-refractivity contribution in [1.29, 1.82) is 0 Å². The van der Waals surface area contributed by atoms with Gasteiger partial charge in [-0.2, -0.15) is 4.98 Å². The fraction of sp³-hybridized carbons (Fsp3) is 0.545. The number of carbonyl (C=O) groups excluding carboxylic acids is 1. The molecule has 2 heterocycles. The molecule has 0 saturated carbocycles. The number of aryl methyl sites for hydroxylation is 1. The number of ether oxygens (including phenoxy) is 1. The molecule has 0 spiro atoms. The number of amides is 1. The van der Waals surface area contributed by atoms with Crippen LogP contribution < -0.4 is 15.4 Å². The van der Waals surface area contributed by atoms with Crippen molar-refractivity contribution in [3.63, 3.8) is 0 Å². The molecule has 92 valence electrons. The third-order valence-corrected chi connectivity index (χ3v) is 2.57. The molecule has 2 N–H and O–H groups in total. The summed E-state index contributed by atoms with van der Waals surface area (Å²) >= 11 is 0. The Balaban J connectivity index is 2.13. The lowest BCUT2D eigenvalue weighted by Gasteiger charge is -2.16. The highest BCUT2D eigenvalue weighted by Gasteiger charge is 2.16. The van der Waals surface area contributed by atoms with Crippen LogP contribution in [0.15, 0.2) is 6.07 Å². The Morgan fingerprint density at radius 1 is 1.47 bits per heavy atom. The maximum atomic E-state index is 10.6. The Kier molecular flexibility index (Phi) is 3.41. The number of nitrogens with zero attached hydrogens (tertiary/aromatic N) is 3. The van der Waals surface area contributed by atoms with Crippen molar-refractivity contribution in [2.24, 2.45) is 5.73 Å². The van der Waals surface area contributed by atoms with Gasteiger partial charge in [0, 0.05) is 24.8 Å². The molecular formula is C11H16N4O2. The predicted octanol–water partition coefficient (Wildman–Crippen LogP) is 0.249. The van der Waals surface area contributed by atoms with Crippen molar-refractivity contribution in [2.75, 3.05) is 24.6 Å². The highest BCUT2D eigenvalue weighted by molar-refractivity contribution is 5.75. The van der Waals surface area contributed by atoms with E-state index in [4.69, 9.17) is 10.5 Å². The molecule has 6 heteroatoms. The summed E-state index contributed by atoms with van der Waals surface area (Å²) < 4.78 is 5.20. The number of nitrogens with two attached hydrogens (primary N) is 1. The normalized spacial score (nSPS) is 15.0. The quantitative estimate of drug-likeness (QED) is 0.810. The molecule has 1 fully saturated rings. The lowest BCUT2D eigenvalue weighted by molar-refractivity contribution is -0.120. The van der Waals surface area contributed by atoms with Gasteiger partial charge in [-0.3, -0.25) is 4.79 Å². The summed E-state index contributed by atoms with van der Waals surface area (Å²) in [5.74, 6) is 0.559. The van der Waals surface area contributed by atoms with Gasteiger partial charge < -0.3 is 15.4 Å². The van der Waals surface area contributed by atoms with E-state index in [1.807, 2.05) is 6.92 Å². The van der Waals surface area contributed by atoms with Crippen molar-refractivity contribution >= 4 is 11.9 Å². The van der Waals surface area contributed by atoms with Crippen molar-refractivity contribution in [1.82, 2.24) is 9.97 Å². The van der Waals surface area contributed by atoms with E-state index in [1.165, 1.54) is 0 Å². The molecule has 1 aromatic heterocycles. The first kappa shape index (κ1) is 11.6. The number of rotatable bonds is 4. The zero-order valence-corrected chi connectivity index (χ0v) is 9.85. The Labute approximate surface area is 99.8 Å². The third-order valence-electron chi connectivity index (χ3n) is 2.57. The van der Waals surface area contributed by atoms with E-state index in [2.05, 4.69) is 14.9 Å². The van der Waals surface area contributed by atoms with Crippen LogP contribution in [0.3, 0.4) is 0 Å². The van der Waals surface area contributed by atoms with E-state index in [-0.39, 0.29) is 6.61 Å². The summed E-state index contributed by atoms with van der Waals surface area (Å²) in [6.45, 7) is 3.66. The lowest BCUT2D eigenvalue weighted by atomic mass is 10.4. The van der Waals surface area contributed by atoms with Crippen molar-refractivity contribution < 1.29 is 9.53 Å². The van der Waals surface area contributed by atoms with Gasteiger partial charge in [-0.15, -0.1) is 0 Å². The maximum Gasteiger partial charge on any atom is 0.255 e. The van der Waals surface area contributed by atoms with E-state index in [0.717, 1.165) is 31.6 Å². The molecule has 0 atom stereocenters. The second kappa shape index (κ2) is 4.99. The van der Waals surface area contributed by atoms with E-state index < -0.39 is 5.91 Å². The van der Waals surface area contributed by atoms with Gasteiger partial charge in [-0.25, -0.2) is 4.98 Å². The van der Waals surface area contributed by atoms with Crippen LogP contribution in [0.2, 0.25) is 0 Å². The van der Waals surface area contributed by atoms with Gasteiger partial charge in [0.25, 0.3) is 5.91 Å². The summed E-state index contributed by atoms with van der Waals surface area (Å²) in [6.07, 6.45) is 2.32. The van der Waals surface area contributed by atoms with Crippen LogP contribution >= 0.6 is 0 Å². The summed E-state index contributed by atoms with van der Waals surface area (Å²) in [6, 6.07) is 1.70. The molecular weight excluding hydrogens is 220 g/mol. The Hall–Kier alpha value is -1.85. The summed E-state index contributed by atoms with van der Waals surface area (Å²) in [7, 11) is 0. The number of aromatic nitrogens is 2. The van der Waals surface area contributed by atoms with Crippen molar-refractivity contribution in [3.8, 4) is 5.88 Å². The lowest BCUT2D eigenvalue weighted by Crippen LogP contribution is -2.23. The summed E-state index contributed by atoms with van der Waals surface area (Å²) in [5.41, 5.74) is 5.84. The SMILES string of the molecule is Cc1cc(OCC(N)=O)nc(N2CCCC2)n1.